The zero-order valence-corrected chi connectivity index (χ0v) is 24.2. The minimum absolute atomic E-state index is 0.00799. The van der Waals surface area contributed by atoms with Gasteiger partial charge in [0.15, 0.2) is 0 Å². The van der Waals surface area contributed by atoms with E-state index in [9.17, 15) is 14.7 Å². The van der Waals surface area contributed by atoms with Crippen LogP contribution in [0.25, 0.3) is 11.1 Å². The van der Waals surface area contributed by atoms with Gasteiger partial charge < -0.3 is 20.1 Å². The Kier molecular flexibility index (Phi) is 8.26. The normalized spacial score (nSPS) is 18.5. The highest BCUT2D eigenvalue weighted by Gasteiger charge is 2.35. The Morgan fingerprint density at radius 2 is 1.79 bits per heavy atom. The first kappa shape index (κ1) is 28.0. The third-order valence-electron chi connectivity index (χ3n) is 8.01. The van der Waals surface area contributed by atoms with Crippen molar-refractivity contribution in [1.29, 1.82) is 0 Å². The number of carbonyl (C=O) groups is 2. The van der Waals surface area contributed by atoms with Gasteiger partial charge in [0.25, 0.3) is 0 Å². The predicted octanol–water partition coefficient (Wildman–Crippen LogP) is 6.85. The van der Waals surface area contributed by atoms with Crippen LogP contribution in [0.15, 0.2) is 96.0 Å². The van der Waals surface area contributed by atoms with Gasteiger partial charge in [-0.1, -0.05) is 55.5 Å². The summed E-state index contributed by atoms with van der Waals surface area (Å²) in [5.74, 6) is 0.0420. The van der Waals surface area contributed by atoms with Crippen LogP contribution in [0.2, 0.25) is 0 Å². The summed E-state index contributed by atoms with van der Waals surface area (Å²) in [7, 11) is 0. The zero-order chi connectivity index (χ0) is 29.1. The smallest absolute Gasteiger partial charge is 0.335 e. The molecule has 2 aliphatic rings. The Morgan fingerprint density at radius 1 is 0.976 bits per heavy atom. The third-order valence-corrected chi connectivity index (χ3v) is 9.52. The van der Waals surface area contributed by atoms with E-state index in [0.717, 1.165) is 42.2 Å². The van der Waals surface area contributed by atoms with Gasteiger partial charge in [-0.05, 0) is 71.5 Å². The molecule has 2 aliphatic heterocycles. The SMILES string of the molecule is CC1c2cc(-c3ccccc3)ccc2SC1C(=O)Nc1ccc(N2CCC(OCc3cccc(C(=O)O)c3)CC2)nc1. The summed E-state index contributed by atoms with van der Waals surface area (Å²) in [5.41, 5.74) is 5.40. The van der Waals surface area contributed by atoms with Gasteiger partial charge in [-0.3, -0.25) is 4.79 Å². The van der Waals surface area contributed by atoms with Crippen LogP contribution in [-0.4, -0.2) is 46.4 Å². The van der Waals surface area contributed by atoms with E-state index in [4.69, 9.17) is 4.74 Å². The second-order valence-electron chi connectivity index (χ2n) is 10.8. The molecule has 4 aromatic rings. The number of rotatable bonds is 8. The fraction of sp³-hybridized carbons (Fsp3) is 0.265. The number of benzene rings is 3. The standard InChI is InChI=1S/C34H33N3O4S/c1-22-29-19-25(24-7-3-2-4-8-24)10-12-30(29)42-32(22)33(38)36-27-11-13-31(35-20-27)37-16-14-28(15-17-37)41-21-23-6-5-9-26(18-23)34(39)40/h2-13,18-20,22,28,32H,14-17,21H2,1H3,(H,36,38)(H,39,40). The number of anilines is 2. The summed E-state index contributed by atoms with van der Waals surface area (Å²) >= 11 is 1.63. The van der Waals surface area contributed by atoms with Crippen LogP contribution in [0.4, 0.5) is 11.5 Å². The number of carboxylic acid groups (broad SMARTS) is 1. The minimum Gasteiger partial charge on any atom is -0.478 e. The lowest BCUT2D eigenvalue weighted by Crippen LogP contribution is -2.37. The van der Waals surface area contributed by atoms with Crippen molar-refractivity contribution in [3.8, 4) is 11.1 Å². The number of piperidine rings is 1. The molecule has 0 aliphatic carbocycles. The Balaban J connectivity index is 1.00. The number of nitrogens with one attached hydrogen (secondary N) is 1. The van der Waals surface area contributed by atoms with Gasteiger partial charge in [0, 0.05) is 23.9 Å². The predicted molar refractivity (Wildman–Crippen MR) is 166 cm³/mol. The number of hydrogen-bond acceptors (Lipinski definition) is 6. The molecule has 0 saturated carbocycles. The molecule has 3 aromatic carbocycles. The van der Waals surface area contributed by atoms with Crippen molar-refractivity contribution in [2.75, 3.05) is 23.3 Å². The van der Waals surface area contributed by atoms with E-state index in [-0.39, 0.29) is 28.7 Å². The number of pyridine rings is 1. The van der Waals surface area contributed by atoms with Crippen LogP contribution < -0.4 is 10.2 Å². The number of carbonyl (C=O) groups excluding carboxylic acids is 1. The van der Waals surface area contributed by atoms with E-state index >= 15 is 0 Å². The van der Waals surface area contributed by atoms with Crippen molar-refractivity contribution >= 4 is 35.1 Å². The summed E-state index contributed by atoms with van der Waals surface area (Å²) in [6, 6.07) is 27.6. The van der Waals surface area contributed by atoms with Crippen LogP contribution in [0, 0.1) is 0 Å². The number of aromatic nitrogens is 1. The summed E-state index contributed by atoms with van der Waals surface area (Å²) in [4.78, 5) is 32.5. The first-order valence-corrected chi connectivity index (χ1v) is 15.1. The molecule has 2 N–H and O–H groups in total. The lowest BCUT2D eigenvalue weighted by atomic mass is 9.94. The van der Waals surface area contributed by atoms with Crippen molar-refractivity contribution in [2.24, 2.45) is 0 Å². The molecule has 1 saturated heterocycles. The Bertz CT molecular complexity index is 1570. The van der Waals surface area contributed by atoms with E-state index in [0.29, 0.717) is 12.3 Å². The highest BCUT2D eigenvalue weighted by molar-refractivity contribution is 8.01. The van der Waals surface area contributed by atoms with Crippen LogP contribution in [0.1, 0.15) is 47.2 Å². The highest BCUT2D eigenvalue weighted by Crippen LogP contribution is 2.47. The van der Waals surface area contributed by atoms with Crippen molar-refractivity contribution in [3.63, 3.8) is 0 Å². The molecular weight excluding hydrogens is 546 g/mol. The Hall–Kier alpha value is -4.14. The molecule has 2 atom stereocenters. The van der Waals surface area contributed by atoms with Crippen molar-refractivity contribution < 1.29 is 19.4 Å². The first-order valence-electron chi connectivity index (χ1n) is 14.3. The molecule has 8 heteroatoms. The number of thioether (sulfide) groups is 1. The fourth-order valence-electron chi connectivity index (χ4n) is 5.62. The molecule has 2 unspecified atom stereocenters. The van der Waals surface area contributed by atoms with E-state index in [1.807, 2.05) is 36.4 Å². The number of hydrogen-bond donors (Lipinski definition) is 2. The topological polar surface area (TPSA) is 91.8 Å². The Labute approximate surface area is 249 Å². The number of nitrogens with zero attached hydrogens (tertiary/aromatic N) is 2. The zero-order valence-electron chi connectivity index (χ0n) is 23.4. The molecular formula is C34H33N3O4S. The molecule has 7 nitrogen and oxygen atoms in total. The molecule has 1 aromatic heterocycles. The number of ether oxygens (including phenoxy) is 1. The molecule has 1 fully saturated rings. The summed E-state index contributed by atoms with van der Waals surface area (Å²) in [6.07, 6.45) is 3.58. The van der Waals surface area contributed by atoms with Crippen LogP contribution in [0.5, 0.6) is 0 Å². The molecule has 3 heterocycles. The lowest BCUT2D eigenvalue weighted by Gasteiger charge is -2.32. The number of carboxylic acids is 1. The second-order valence-corrected chi connectivity index (χ2v) is 12.0. The lowest BCUT2D eigenvalue weighted by molar-refractivity contribution is -0.115. The maximum atomic E-state index is 13.3. The fourth-order valence-corrected chi connectivity index (χ4v) is 6.94. The molecule has 0 bridgehead atoms. The van der Waals surface area contributed by atoms with Crippen molar-refractivity contribution in [1.82, 2.24) is 4.98 Å². The van der Waals surface area contributed by atoms with Gasteiger partial charge in [-0.15, -0.1) is 11.8 Å². The van der Waals surface area contributed by atoms with Gasteiger partial charge in [-0.2, -0.15) is 0 Å². The molecule has 214 valence electrons. The molecule has 0 radical (unpaired) electrons. The summed E-state index contributed by atoms with van der Waals surface area (Å²) in [5, 5.41) is 12.1. The Morgan fingerprint density at radius 3 is 2.52 bits per heavy atom. The monoisotopic (exact) mass is 579 g/mol. The third kappa shape index (κ3) is 6.20. The quantitative estimate of drug-likeness (QED) is 0.236. The van der Waals surface area contributed by atoms with Crippen molar-refractivity contribution in [3.05, 3.63) is 108 Å². The molecule has 1 amide bonds. The van der Waals surface area contributed by atoms with Gasteiger partial charge in [0.1, 0.15) is 5.82 Å². The first-order chi connectivity index (χ1) is 20.4. The number of amides is 1. The largest absolute Gasteiger partial charge is 0.478 e. The average Bonchev–Trinajstić information content (AvgIpc) is 3.37. The average molecular weight is 580 g/mol. The minimum atomic E-state index is -0.932. The van der Waals surface area contributed by atoms with E-state index in [1.54, 1.807) is 36.2 Å². The van der Waals surface area contributed by atoms with Crippen LogP contribution >= 0.6 is 11.8 Å². The van der Waals surface area contributed by atoms with Crippen LogP contribution in [-0.2, 0) is 16.1 Å². The van der Waals surface area contributed by atoms with E-state index in [1.165, 1.54) is 16.7 Å². The molecule has 0 spiro atoms. The molecule has 42 heavy (non-hydrogen) atoms. The molecule has 6 rings (SSSR count). The van der Waals surface area contributed by atoms with Gasteiger partial charge in [-0.25, -0.2) is 9.78 Å². The number of aromatic carboxylic acids is 1. The van der Waals surface area contributed by atoms with E-state index in [2.05, 4.69) is 52.5 Å². The van der Waals surface area contributed by atoms with E-state index < -0.39 is 5.97 Å². The second kappa shape index (κ2) is 12.4. The maximum absolute atomic E-state index is 13.3. The van der Waals surface area contributed by atoms with Gasteiger partial charge in [0.05, 0.1) is 35.4 Å². The maximum Gasteiger partial charge on any atom is 0.335 e. The van der Waals surface area contributed by atoms with Crippen LogP contribution in [0.3, 0.4) is 0 Å². The highest BCUT2D eigenvalue weighted by atomic mass is 32.2. The van der Waals surface area contributed by atoms with Gasteiger partial charge in [0.2, 0.25) is 5.91 Å². The summed E-state index contributed by atoms with van der Waals surface area (Å²) < 4.78 is 6.07. The number of fused-ring (bicyclic) bond motifs is 1. The summed E-state index contributed by atoms with van der Waals surface area (Å²) in [6.45, 7) is 4.16. The van der Waals surface area contributed by atoms with Crippen molar-refractivity contribution in [2.45, 2.75) is 48.5 Å². The van der Waals surface area contributed by atoms with Gasteiger partial charge >= 0.3 is 5.97 Å².